The van der Waals surface area contributed by atoms with Crippen LogP contribution in [-0.4, -0.2) is 52.7 Å². The molecule has 0 saturated carbocycles. The van der Waals surface area contributed by atoms with Crippen LogP contribution >= 0.6 is 11.6 Å². The van der Waals surface area contributed by atoms with E-state index in [4.69, 9.17) is 22.2 Å². The number of halogens is 1. The highest BCUT2D eigenvalue weighted by Gasteiger charge is 2.54. The summed E-state index contributed by atoms with van der Waals surface area (Å²) in [6, 6.07) is 13.9. The number of carbonyl (C=O) groups is 1. The Morgan fingerprint density at radius 3 is 2.63 bits per heavy atom. The number of nitrogens with two attached hydrogens (primary N) is 1. The van der Waals surface area contributed by atoms with E-state index in [-0.39, 0.29) is 11.5 Å². The summed E-state index contributed by atoms with van der Waals surface area (Å²) >= 11 is 6.13. The Hall–Kier alpha value is -3.30. The molecule has 1 spiro atoms. The molecule has 2 aromatic carbocycles. The van der Waals surface area contributed by atoms with E-state index in [1.165, 1.54) is 0 Å². The summed E-state index contributed by atoms with van der Waals surface area (Å²) in [5.74, 6) is 5.90. The summed E-state index contributed by atoms with van der Waals surface area (Å²) < 4.78 is 5.48. The molecule has 1 aromatic heterocycles. The van der Waals surface area contributed by atoms with E-state index >= 15 is 0 Å². The number of nitrogen functional groups attached to an aromatic ring is 1. The van der Waals surface area contributed by atoms with Crippen LogP contribution in [0.2, 0.25) is 5.02 Å². The third-order valence-electron chi connectivity index (χ3n) is 6.30. The van der Waals surface area contributed by atoms with Crippen molar-refractivity contribution in [1.82, 2.24) is 14.9 Å². The highest BCUT2D eigenvalue weighted by Crippen LogP contribution is 2.42. The molecule has 35 heavy (non-hydrogen) atoms. The molecule has 0 radical (unpaired) electrons. The van der Waals surface area contributed by atoms with Crippen molar-refractivity contribution < 1.29 is 9.53 Å². The Balaban J connectivity index is 1.21. The summed E-state index contributed by atoms with van der Waals surface area (Å²) in [6.45, 7) is 9.54. The summed E-state index contributed by atoms with van der Waals surface area (Å²) in [5.41, 5.74) is 5.94. The Bertz CT molecular complexity index is 1260. The SMILES string of the molecule is CC(C)(C)OC(=O)N1CC2(C1)CN(c1cccc(NCc3nc(NN)nc4cc(Cl)ccc34)c1)C2. The first-order valence-corrected chi connectivity index (χ1v) is 12.0. The van der Waals surface area contributed by atoms with Crippen LogP contribution in [0.5, 0.6) is 0 Å². The molecule has 0 aliphatic carbocycles. The van der Waals surface area contributed by atoms with Crippen molar-refractivity contribution in [3.8, 4) is 0 Å². The first-order chi connectivity index (χ1) is 16.6. The molecule has 184 valence electrons. The first kappa shape index (κ1) is 23.4. The smallest absolute Gasteiger partial charge is 0.410 e. The van der Waals surface area contributed by atoms with E-state index in [0.717, 1.165) is 54.2 Å². The van der Waals surface area contributed by atoms with Gasteiger partial charge in [-0.25, -0.2) is 20.6 Å². The molecular weight excluding hydrogens is 466 g/mol. The zero-order chi connectivity index (χ0) is 24.8. The maximum absolute atomic E-state index is 12.2. The lowest BCUT2D eigenvalue weighted by Crippen LogP contribution is -2.73. The molecule has 5 rings (SSSR count). The Morgan fingerprint density at radius 1 is 1.14 bits per heavy atom. The van der Waals surface area contributed by atoms with E-state index in [2.05, 4.69) is 37.7 Å². The number of rotatable bonds is 5. The number of hydrogen-bond donors (Lipinski definition) is 3. The molecule has 1 amide bonds. The van der Waals surface area contributed by atoms with Gasteiger partial charge in [0.1, 0.15) is 5.60 Å². The minimum atomic E-state index is -0.466. The van der Waals surface area contributed by atoms with Crippen molar-refractivity contribution in [2.75, 3.05) is 41.8 Å². The number of nitrogens with one attached hydrogen (secondary N) is 2. The normalized spacial score (nSPS) is 16.6. The standard InChI is InChI=1S/C25H30ClN7O2/c1-24(2,3)35-23(34)33-14-25(15-33)12-32(13-25)18-6-4-5-17(10-18)28-11-21-19-8-7-16(26)9-20(19)29-22(30-21)31-27/h4-10,28H,11-15,27H2,1-3H3,(H,29,30,31). The van der Waals surface area contributed by atoms with Crippen molar-refractivity contribution in [3.05, 3.63) is 53.2 Å². The largest absolute Gasteiger partial charge is 0.444 e. The second-order valence-electron chi connectivity index (χ2n) is 10.4. The lowest BCUT2D eigenvalue weighted by Gasteiger charge is -2.60. The van der Waals surface area contributed by atoms with Crippen LogP contribution in [-0.2, 0) is 11.3 Å². The maximum Gasteiger partial charge on any atom is 0.410 e. The lowest BCUT2D eigenvalue weighted by atomic mass is 9.73. The third kappa shape index (κ3) is 4.92. The second-order valence-corrected chi connectivity index (χ2v) is 10.8. The van der Waals surface area contributed by atoms with Crippen LogP contribution in [0.25, 0.3) is 10.9 Å². The van der Waals surface area contributed by atoms with E-state index in [0.29, 0.717) is 17.5 Å². The maximum atomic E-state index is 12.2. The first-order valence-electron chi connectivity index (χ1n) is 11.6. The van der Waals surface area contributed by atoms with Crippen LogP contribution in [0.4, 0.5) is 22.1 Å². The van der Waals surface area contributed by atoms with E-state index in [1.54, 1.807) is 11.0 Å². The molecular formula is C25H30ClN7O2. The van der Waals surface area contributed by atoms with Crippen molar-refractivity contribution in [1.29, 1.82) is 0 Å². The van der Waals surface area contributed by atoms with Crippen LogP contribution in [0.3, 0.4) is 0 Å². The van der Waals surface area contributed by atoms with Crippen molar-refractivity contribution in [2.45, 2.75) is 32.9 Å². The number of fused-ring (bicyclic) bond motifs is 1. The van der Waals surface area contributed by atoms with Gasteiger partial charge in [0.2, 0.25) is 5.95 Å². The van der Waals surface area contributed by atoms with Crippen LogP contribution in [0, 0.1) is 5.41 Å². The number of benzene rings is 2. The van der Waals surface area contributed by atoms with Gasteiger partial charge in [-0.05, 0) is 57.2 Å². The molecule has 4 N–H and O–H groups in total. The number of carbonyl (C=O) groups excluding carboxylic acids is 1. The van der Waals surface area contributed by atoms with Gasteiger partial charge in [0.05, 0.1) is 17.8 Å². The van der Waals surface area contributed by atoms with Gasteiger partial charge >= 0.3 is 6.09 Å². The minimum Gasteiger partial charge on any atom is -0.444 e. The predicted molar refractivity (Wildman–Crippen MR) is 139 cm³/mol. The van der Waals surface area contributed by atoms with Crippen LogP contribution in [0.1, 0.15) is 26.5 Å². The monoisotopic (exact) mass is 495 g/mol. The summed E-state index contributed by atoms with van der Waals surface area (Å²) in [6.07, 6.45) is -0.222. The van der Waals surface area contributed by atoms with Gasteiger partial charge in [-0.3, -0.25) is 5.43 Å². The molecule has 10 heteroatoms. The quantitative estimate of drug-likeness (QED) is 0.356. The van der Waals surface area contributed by atoms with Gasteiger partial charge < -0.3 is 19.9 Å². The molecule has 0 bridgehead atoms. The number of hydrazine groups is 1. The topological polar surface area (TPSA) is 109 Å². The number of anilines is 3. The second kappa shape index (κ2) is 8.73. The summed E-state index contributed by atoms with van der Waals surface area (Å²) in [5, 5.41) is 4.99. The molecule has 2 aliphatic rings. The molecule has 2 aliphatic heterocycles. The Morgan fingerprint density at radius 2 is 1.91 bits per heavy atom. The molecule has 3 heterocycles. The third-order valence-corrected chi connectivity index (χ3v) is 6.53. The van der Waals surface area contributed by atoms with Gasteiger partial charge in [0, 0.05) is 53.4 Å². The van der Waals surface area contributed by atoms with Gasteiger partial charge in [-0.2, -0.15) is 0 Å². The average Bonchev–Trinajstić information content (AvgIpc) is 2.74. The van der Waals surface area contributed by atoms with Gasteiger partial charge in [-0.1, -0.05) is 17.7 Å². The highest BCUT2D eigenvalue weighted by atomic mass is 35.5. The number of ether oxygens (including phenoxy) is 1. The molecule has 2 saturated heterocycles. The van der Waals surface area contributed by atoms with Crippen LogP contribution in [0.15, 0.2) is 42.5 Å². The number of amides is 1. The molecule has 2 fully saturated rings. The number of hydrogen-bond acceptors (Lipinski definition) is 8. The van der Waals surface area contributed by atoms with Crippen molar-refractivity contribution in [3.63, 3.8) is 0 Å². The van der Waals surface area contributed by atoms with E-state index in [9.17, 15) is 4.79 Å². The molecule has 0 atom stereocenters. The van der Waals surface area contributed by atoms with Gasteiger partial charge in [-0.15, -0.1) is 0 Å². The van der Waals surface area contributed by atoms with Crippen molar-refractivity contribution in [2.24, 2.45) is 11.3 Å². The number of aromatic nitrogens is 2. The molecule has 0 unspecified atom stereocenters. The zero-order valence-electron chi connectivity index (χ0n) is 20.1. The average molecular weight is 496 g/mol. The number of likely N-dealkylation sites (tertiary alicyclic amines) is 1. The zero-order valence-corrected chi connectivity index (χ0v) is 20.9. The Labute approximate surface area is 209 Å². The predicted octanol–water partition coefficient (Wildman–Crippen LogP) is 4.24. The summed E-state index contributed by atoms with van der Waals surface area (Å²) in [4.78, 5) is 25.3. The lowest BCUT2D eigenvalue weighted by molar-refractivity contribution is -0.0452. The Kier molecular flexibility index (Phi) is 5.85. The molecule has 3 aromatic rings. The van der Waals surface area contributed by atoms with Crippen molar-refractivity contribution >= 4 is 45.9 Å². The highest BCUT2D eigenvalue weighted by molar-refractivity contribution is 6.31. The van der Waals surface area contributed by atoms with Gasteiger partial charge in [0.15, 0.2) is 0 Å². The van der Waals surface area contributed by atoms with E-state index < -0.39 is 5.60 Å². The fourth-order valence-electron chi connectivity index (χ4n) is 4.73. The van der Waals surface area contributed by atoms with Crippen LogP contribution < -0.4 is 21.5 Å². The minimum absolute atomic E-state index is 0.174. The fourth-order valence-corrected chi connectivity index (χ4v) is 4.90. The summed E-state index contributed by atoms with van der Waals surface area (Å²) in [7, 11) is 0. The van der Waals surface area contributed by atoms with E-state index in [1.807, 2.05) is 45.0 Å². The van der Waals surface area contributed by atoms with Gasteiger partial charge in [0.25, 0.3) is 0 Å². The fraction of sp³-hybridized carbons (Fsp3) is 0.400. The number of nitrogens with zero attached hydrogens (tertiary/aromatic N) is 4. The molecule has 9 nitrogen and oxygen atoms in total.